The standard InChI is InChI=1S/C13H19FN4/c1-9(2)8-18(6-5-15)13-16-11-4-3-10(14)7-12(11)17-13/h3-4,7,9H,5-6,8,15H2,1-2H3,(H,16,17). The van der Waals surface area contributed by atoms with Crippen molar-refractivity contribution >= 4 is 17.0 Å². The van der Waals surface area contributed by atoms with Crippen LogP contribution in [0.1, 0.15) is 13.8 Å². The number of fused-ring (bicyclic) bond motifs is 1. The van der Waals surface area contributed by atoms with Gasteiger partial charge >= 0.3 is 0 Å². The number of imidazole rings is 1. The van der Waals surface area contributed by atoms with E-state index in [1.165, 1.54) is 12.1 Å². The Morgan fingerprint density at radius 1 is 1.44 bits per heavy atom. The smallest absolute Gasteiger partial charge is 0.203 e. The van der Waals surface area contributed by atoms with Crippen LogP contribution in [0.25, 0.3) is 11.0 Å². The molecule has 0 atom stereocenters. The first-order valence-corrected chi connectivity index (χ1v) is 6.20. The Labute approximate surface area is 106 Å². The van der Waals surface area contributed by atoms with Crippen molar-refractivity contribution in [1.82, 2.24) is 9.97 Å². The molecule has 0 aliphatic rings. The number of hydrogen-bond donors (Lipinski definition) is 2. The van der Waals surface area contributed by atoms with Gasteiger partial charge in [-0.1, -0.05) is 13.8 Å². The van der Waals surface area contributed by atoms with E-state index in [2.05, 4.69) is 28.7 Å². The van der Waals surface area contributed by atoms with Crippen LogP contribution >= 0.6 is 0 Å². The molecule has 0 aliphatic carbocycles. The molecule has 2 rings (SSSR count). The van der Waals surface area contributed by atoms with Gasteiger partial charge in [-0.25, -0.2) is 9.37 Å². The average Bonchev–Trinajstić information content (AvgIpc) is 2.70. The lowest BCUT2D eigenvalue weighted by Crippen LogP contribution is -2.33. The van der Waals surface area contributed by atoms with Gasteiger partial charge in [0, 0.05) is 19.6 Å². The largest absolute Gasteiger partial charge is 0.341 e. The maximum absolute atomic E-state index is 13.1. The fourth-order valence-corrected chi connectivity index (χ4v) is 2.00. The normalized spacial score (nSPS) is 11.4. The molecule has 0 amide bonds. The van der Waals surface area contributed by atoms with E-state index in [0.29, 0.717) is 12.5 Å². The predicted octanol–water partition coefficient (Wildman–Crippen LogP) is 2.12. The van der Waals surface area contributed by atoms with Gasteiger partial charge in [0.15, 0.2) is 0 Å². The Morgan fingerprint density at radius 2 is 2.22 bits per heavy atom. The van der Waals surface area contributed by atoms with Gasteiger partial charge in [-0.2, -0.15) is 0 Å². The predicted molar refractivity (Wildman–Crippen MR) is 72.2 cm³/mol. The first-order chi connectivity index (χ1) is 8.60. The van der Waals surface area contributed by atoms with Gasteiger partial charge in [-0.3, -0.25) is 0 Å². The highest BCUT2D eigenvalue weighted by molar-refractivity contribution is 5.77. The lowest BCUT2D eigenvalue weighted by molar-refractivity contribution is 0.604. The number of aromatic nitrogens is 2. The minimum Gasteiger partial charge on any atom is -0.341 e. The molecule has 0 saturated heterocycles. The first-order valence-electron chi connectivity index (χ1n) is 6.20. The van der Waals surface area contributed by atoms with E-state index in [1.54, 1.807) is 6.07 Å². The van der Waals surface area contributed by atoms with Gasteiger partial charge in [-0.05, 0) is 24.1 Å². The van der Waals surface area contributed by atoms with E-state index in [4.69, 9.17) is 5.73 Å². The van der Waals surface area contributed by atoms with E-state index in [0.717, 1.165) is 30.1 Å². The van der Waals surface area contributed by atoms with Crippen molar-refractivity contribution in [2.45, 2.75) is 13.8 Å². The molecule has 1 aromatic carbocycles. The Kier molecular flexibility index (Phi) is 3.81. The lowest BCUT2D eigenvalue weighted by atomic mass is 10.2. The van der Waals surface area contributed by atoms with Crippen LogP contribution in [0.5, 0.6) is 0 Å². The van der Waals surface area contributed by atoms with Crippen LogP contribution in [-0.2, 0) is 0 Å². The quantitative estimate of drug-likeness (QED) is 0.854. The zero-order valence-electron chi connectivity index (χ0n) is 10.8. The van der Waals surface area contributed by atoms with E-state index < -0.39 is 0 Å². The summed E-state index contributed by atoms with van der Waals surface area (Å²) in [7, 11) is 0. The highest BCUT2D eigenvalue weighted by Gasteiger charge is 2.12. The number of rotatable bonds is 5. The number of H-pyrrole nitrogens is 1. The van der Waals surface area contributed by atoms with Crippen LogP contribution in [0.3, 0.4) is 0 Å². The summed E-state index contributed by atoms with van der Waals surface area (Å²) in [5.41, 5.74) is 7.11. The van der Waals surface area contributed by atoms with Crippen LogP contribution in [0.15, 0.2) is 18.2 Å². The maximum Gasteiger partial charge on any atom is 0.203 e. The fraction of sp³-hybridized carbons (Fsp3) is 0.462. The summed E-state index contributed by atoms with van der Waals surface area (Å²) in [4.78, 5) is 9.72. The number of halogens is 1. The summed E-state index contributed by atoms with van der Waals surface area (Å²) in [5, 5.41) is 0. The molecule has 1 aromatic heterocycles. The third-order valence-corrected chi connectivity index (χ3v) is 2.72. The Morgan fingerprint density at radius 3 is 2.89 bits per heavy atom. The minimum absolute atomic E-state index is 0.257. The third kappa shape index (κ3) is 2.79. The van der Waals surface area contributed by atoms with Crippen LogP contribution < -0.4 is 10.6 Å². The molecule has 0 radical (unpaired) electrons. The minimum atomic E-state index is -0.257. The molecule has 0 bridgehead atoms. The van der Waals surface area contributed by atoms with Gasteiger partial charge < -0.3 is 15.6 Å². The van der Waals surface area contributed by atoms with Gasteiger partial charge in [0.05, 0.1) is 11.0 Å². The molecular formula is C13H19FN4. The van der Waals surface area contributed by atoms with Gasteiger partial charge in [0.1, 0.15) is 5.82 Å². The topological polar surface area (TPSA) is 57.9 Å². The van der Waals surface area contributed by atoms with E-state index >= 15 is 0 Å². The number of nitrogens with one attached hydrogen (secondary N) is 1. The molecule has 0 unspecified atom stereocenters. The van der Waals surface area contributed by atoms with Crippen molar-refractivity contribution in [3.05, 3.63) is 24.0 Å². The number of hydrogen-bond acceptors (Lipinski definition) is 3. The molecule has 0 spiro atoms. The Hall–Kier alpha value is -1.62. The first kappa shape index (κ1) is 12.8. The summed E-state index contributed by atoms with van der Waals surface area (Å²) < 4.78 is 13.1. The summed E-state index contributed by atoms with van der Waals surface area (Å²) in [6.07, 6.45) is 0. The van der Waals surface area contributed by atoms with Crippen molar-refractivity contribution in [2.24, 2.45) is 11.7 Å². The zero-order chi connectivity index (χ0) is 13.1. The van der Waals surface area contributed by atoms with Gasteiger partial charge in [-0.15, -0.1) is 0 Å². The van der Waals surface area contributed by atoms with Crippen LogP contribution in [0.2, 0.25) is 0 Å². The van der Waals surface area contributed by atoms with E-state index in [-0.39, 0.29) is 5.82 Å². The van der Waals surface area contributed by atoms with Crippen LogP contribution in [-0.4, -0.2) is 29.6 Å². The van der Waals surface area contributed by atoms with E-state index in [9.17, 15) is 4.39 Å². The number of anilines is 1. The number of nitrogens with two attached hydrogens (primary N) is 1. The van der Waals surface area contributed by atoms with E-state index in [1.807, 2.05) is 0 Å². The molecule has 3 N–H and O–H groups in total. The molecule has 98 valence electrons. The number of benzene rings is 1. The molecule has 4 nitrogen and oxygen atoms in total. The van der Waals surface area contributed by atoms with Crippen molar-refractivity contribution in [3.8, 4) is 0 Å². The molecule has 0 fully saturated rings. The Balaban J connectivity index is 2.31. The monoisotopic (exact) mass is 250 g/mol. The SMILES string of the molecule is CC(C)CN(CCN)c1nc2ccc(F)cc2[nH]1. The third-order valence-electron chi connectivity index (χ3n) is 2.72. The second-order valence-corrected chi connectivity index (χ2v) is 4.85. The lowest BCUT2D eigenvalue weighted by Gasteiger charge is -2.23. The van der Waals surface area contributed by atoms with Gasteiger partial charge in [0.2, 0.25) is 5.95 Å². The van der Waals surface area contributed by atoms with Crippen molar-refractivity contribution in [3.63, 3.8) is 0 Å². The molecule has 0 saturated carbocycles. The molecule has 2 aromatic rings. The fourth-order valence-electron chi connectivity index (χ4n) is 2.00. The summed E-state index contributed by atoms with van der Waals surface area (Å²) in [6, 6.07) is 4.56. The number of nitrogens with zero attached hydrogens (tertiary/aromatic N) is 2. The molecule has 18 heavy (non-hydrogen) atoms. The molecular weight excluding hydrogens is 231 g/mol. The maximum atomic E-state index is 13.1. The molecule has 5 heteroatoms. The van der Waals surface area contributed by atoms with Crippen LogP contribution in [0.4, 0.5) is 10.3 Å². The zero-order valence-corrected chi connectivity index (χ0v) is 10.8. The second-order valence-electron chi connectivity index (χ2n) is 4.85. The highest BCUT2D eigenvalue weighted by Crippen LogP contribution is 2.18. The van der Waals surface area contributed by atoms with Crippen molar-refractivity contribution < 1.29 is 4.39 Å². The Bertz CT molecular complexity index is 521. The molecule has 1 heterocycles. The van der Waals surface area contributed by atoms with Gasteiger partial charge in [0.25, 0.3) is 0 Å². The second kappa shape index (κ2) is 5.35. The summed E-state index contributed by atoms with van der Waals surface area (Å²) in [6.45, 7) is 6.47. The highest BCUT2D eigenvalue weighted by atomic mass is 19.1. The van der Waals surface area contributed by atoms with Crippen LogP contribution in [0, 0.1) is 11.7 Å². The summed E-state index contributed by atoms with van der Waals surface area (Å²) in [5.74, 6) is 1.02. The number of aromatic amines is 1. The van der Waals surface area contributed by atoms with Crippen molar-refractivity contribution in [1.29, 1.82) is 0 Å². The van der Waals surface area contributed by atoms with Crippen molar-refractivity contribution in [2.75, 3.05) is 24.5 Å². The average molecular weight is 250 g/mol. The summed E-state index contributed by atoms with van der Waals surface area (Å²) >= 11 is 0. The molecule has 0 aliphatic heterocycles.